The molecule has 4 heterocycles. The first-order valence-corrected chi connectivity index (χ1v) is 24.6. The average Bonchev–Trinajstić information content (AvgIpc) is 4.08. The second-order valence-corrected chi connectivity index (χ2v) is 23.4. The molecule has 6 aromatic rings. The van der Waals surface area contributed by atoms with Crippen LogP contribution in [-0.2, 0) is 27.4 Å². The van der Waals surface area contributed by atoms with Gasteiger partial charge in [-0.2, -0.15) is 0 Å². The van der Waals surface area contributed by atoms with Crippen molar-refractivity contribution in [2.75, 3.05) is 13.2 Å². The van der Waals surface area contributed by atoms with E-state index in [-0.39, 0.29) is 44.2 Å². The van der Waals surface area contributed by atoms with Gasteiger partial charge in [-0.1, -0.05) is 75.2 Å². The first-order chi connectivity index (χ1) is 32.7. The van der Waals surface area contributed by atoms with Crippen LogP contribution in [0.5, 0.6) is 0 Å². The van der Waals surface area contributed by atoms with Crippen LogP contribution in [0.25, 0.3) is 44.3 Å². The number of carbonyl (C=O) groups excluding carboxylic acids is 3. The average molecular weight is 994 g/mol. The van der Waals surface area contributed by atoms with Crippen molar-refractivity contribution in [1.82, 2.24) is 19.8 Å². The van der Waals surface area contributed by atoms with Crippen LogP contribution in [0.3, 0.4) is 0 Å². The Morgan fingerprint density at radius 2 is 0.986 bits per heavy atom. The lowest BCUT2D eigenvalue weighted by Gasteiger charge is -2.26. The Morgan fingerprint density at radius 3 is 1.33 bits per heavy atom. The summed E-state index contributed by atoms with van der Waals surface area (Å²) in [5, 5.41) is 29.3. The number of fused-ring (bicyclic) bond motifs is 4. The van der Waals surface area contributed by atoms with E-state index in [0.29, 0.717) is 67.6 Å². The van der Waals surface area contributed by atoms with E-state index >= 15 is 4.79 Å². The Balaban J connectivity index is 1.25. The topological polar surface area (TPSA) is 196 Å². The Bertz CT molecular complexity index is 2850. The minimum Gasteiger partial charge on any atom is -0.443 e. The van der Waals surface area contributed by atoms with E-state index in [0.717, 1.165) is 33.0 Å². The number of hydrogen-bond acceptors (Lipinski definition) is 11. The number of Topliss-reactive ketones (excluding diaryl/α,β-unsaturated/α-hetero) is 1. The first-order valence-electron chi connectivity index (χ1n) is 23.9. The van der Waals surface area contributed by atoms with Gasteiger partial charge in [-0.05, 0) is 147 Å². The molecule has 8 rings (SSSR count). The van der Waals surface area contributed by atoms with Gasteiger partial charge in [0.05, 0.1) is 34.5 Å². The number of ketones is 1. The molecule has 8 N–H and O–H groups in total. The molecule has 0 saturated heterocycles. The van der Waals surface area contributed by atoms with Crippen molar-refractivity contribution in [3.63, 3.8) is 0 Å². The number of nitrogens with two attached hydrogens (primary N) is 2. The molecule has 0 saturated carbocycles. The van der Waals surface area contributed by atoms with Crippen LogP contribution in [0.1, 0.15) is 140 Å². The maximum Gasteiger partial charge on any atom is 0.419 e. The number of aromatic nitrogens is 2. The Kier molecular flexibility index (Phi) is 13.8. The summed E-state index contributed by atoms with van der Waals surface area (Å²) < 4.78 is 15.1. The largest absolute Gasteiger partial charge is 0.443 e. The predicted molar refractivity (Wildman–Crippen MR) is 277 cm³/mol. The summed E-state index contributed by atoms with van der Waals surface area (Å²) in [6.45, 7) is 19.2. The lowest BCUT2D eigenvalue weighted by Crippen LogP contribution is -2.32. The van der Waals surface area contributed by atoms with Gasteiger partial charge in [0.25, 0.3) is 0 Å². The number of nitrogens with one attached hydrogen (secondary N) is 2. The zero-order chi connectivity index (χ0) is 51.0. The maximum absolute atomic E-state index is 15.6. The molecule has 2 aromatic heterocycles. The maximum atomic E-state index is 15.6. The van der Waals surface area contributed by atoms with Gasteiger partial charge in [-0.3, -0.25) is 15.4 Å². The van der Waals surface area contributed by atoms with Crippen LogP contribution >= 0.6 is 23.2 Å². The van der Waals surface area contributed by atoms with Crippen LogP contribution in [0.2, 0.25) is 10.0 Å². The van der Waals surface area contributed by atoms with E-state index in [1.165, 1.54) is 0 Å². The van der Waals surface area contributed by atoms with Gasteiger partial charge in [0.2, 0.25) is 0 Å². The molecular formula is C55H66Cl2N6O7. The van der Waals surface area contributed by atoms with E-state index in [2.05, 4.69) is 10.6 Å². The minimum atomic E-state index is -0.905. The number of nitrogens with zero attached hydrogens (tertiary/aromatic N) is 2. The van der Waals surface area contributed by atoms with E-state index in [9.17, 15) is 19.8 Å². The smallest absolute Gasteiger partial charge is 0.419 e. The number of ether oxygens (including phenoxy) is 2. The van der Waals surface area contributed by atoms with Gasteiger partial charge in [-0.15, -0.1) is 0 Å². The third-order valence-electron chi connectivity index (χ3n) is 13.3. The van der Waals surface area contributed by atoms with Crippen molar-refractivity contribution in [2.45, 2.75) is 131 Å². The van der Waals surface area contributed by atoms with E-state index < -0.39 is 46.3 Å². The number of halogens is 2. The van der Waals surface area contributed by atoms with Crippen LogP contribution in [0, 0.1) is 10.8 Å². The number of aliphatic hydroxyl groups excluding tert-OH is 2. The summed E-state index contributed by atoms with van der Waals surface area (Å²) in [5.74, 6) is -0.219. The van der Waals surface area contributed by atoms with Gasteiger partial charge < -0.3 is 31.2 Å². The van der Waals surface area contributed by atoms with Crippen molar-refractivity contribution < 1.29 is 34.1 Å². The van der Waals surface area contributed by atoms with E-state index in [4.69, 9.17) is 44.1 Å². The number of benzene rings is 4. The van der Waals surface area contributed by atoms with Crippen LogP contribution in [-0.4, -0.2) is 61.7 Å². The molecule has 0 radical (unpaired) electrons. The molecule has 0 amide bonds. The summed E-state index contributed by atoms with van der Waals surface area (Å²) in [5.41, 5.74) is 18.8. The third-order valence-corrected chi connectivity index (χ3v) is 14.0. The molecule has 4 unspecified atom stereocenters. The van der Waals surface area contributed by atoms with E-state index in [1.807, 2.05) is 130 Å². The summed E-state index contributed by atoms with van der Waals surface area (Å²) in [4.78, 5) is 44.3. The highest BCUT2D eigenvalue weighted by atomic mass is 35.5. The normalized spacial score (nSPS) is 17.2. The summed E-state index contributed by atoms with van der Waals surface area (Å²) in [6.07, 6.45) is -0.127. The highest BCUT2D eigenvalue weighted by Gasteiger charge is 2.42. The minimum absolute atomic E-state index is 0.0207. The summed E-state index contributed by atoms with van der Waals surface area (Å²) in [6, 6.07) is 19.9. The zero-order valence-electron chi connectivity index (χ0n) is 41.7. The molecule has 13 nitrogen and oxygen atoms in total. The Hall–Kier alpha value is -5.09. The monoisotopic (exact) mass is 992 g/mol. The highest BCUT2D eigenvalue weighted by Crippen LogP contribution is 2.47. The SMILES string of the molecule is CC(C)(CO)CC(N)c1ccc2c(c1)cc(-c1ccc(Cl)c3c1C(C(=O)C1NCc4c(Cl)ccc(-c5cc6cc(C(N)CC(C)(C)CO)ccc6n5C(=O)OC(C)(C)C)c41)NC3)n2C(=O)OC(C)(C)C. The molecule has 372 valence electrons. The van der Waals surface area contributed by atoms with Crippen molar-refractivity contribution in [3.8, 4) is 22.5 Å². The fourth-order valence-corrected chi connectivity index (χ4v) is 10.4. The second-order valence-electron chi connectivity index (χ2n) is 22.6. The van der Waals surface area contributed by atoms with Crippen molar-refractivity contribution in [3.05, 3.63) is 116 Å². The molecule has 2 aliphatic heterocycles. The number of aliphatic hydroxyl groups is 2. The molecule has 0 fully saturated rings. The molecule has 0 aliphatic carbocycles. The molecule has 0 spiro atoms. The lowest BCUT2D eigenvalue weighted by atomic mass is 9.84. The van der Waals surface area contributed by atoms with E-state index in [1.54, 1.807) is 21.3 Å². The molecular weight excluding hydrogens is 928 g/mol. The first kappa shape index (κ1) is 51.3. The fourth-order valence-electron chi connectivity index (χ4n) is 9.90. The van der Waals surface area contributed by atoms with Gasteiger partial charge in [0, 0.05) is 70.3 Å². The molecule has 4 atom stereocenters. The standard InChI is InChI=1S/C55H66Cl2N6O7/c1-52(2,3)69-50(67)62-41-17-11-29(39(58)23-54(7,8)27-64)19-31(41)21-43(62)33-13-15-37(56)35-25-60-47(45(33)35)49(66)48-46-34(14-16-38(57)36(46)26-61-48)44-22-32-20-30(40(59)24-55(9,10)28-65)12-18-42(32)63(44)51(68)70-53(4,5)6/h11-22,39-40,47-48,60-61,64-65H,23-28,58-59H2,1-10H3. The van der Waals surface area contributed by atoms with Crippen LogP contribution < -0.4 is 22.1 Å². The highest BCUT2D eigenvalue weighted by molar-refractivity contribution is 6.32. The van der Waals surface area contributed by atoms with Crippen molar-refractivity contribution >= 4 is 63.0 Å². The third kappa shape index (κ3) is 10.0. The fraction of sp³-hybridized carbons (Fsp3) is 0.436. The van der Waals surface area contributed by atoms with Crippen molar-refractivity contribution in [2.24, 2.45) is 22.3 Å². The molecule has 2 aliphatic rings. The van der Waals surface area contributed by atoms with Gasteiger partial charge >= 0.3 is 12.2 Å². The molecule has 0 bridgehead atoms. The van der Waals surface area contributed by atoms with Crippen LogP contribution in [0.4, 0.5) is 9.59 Å². The number of carbonyl (C=O) groups is 3. The zero-order valence-corrected chi connectivity index (χ0v) is 43.2. The van der Waals surface area contributed by atoms with Crippen molar-refractivity contribution in [1.29, 1.82) is 0 Å². The van der Waals surface area contributed by atoms with Gasteiger partial charge in [0.15, 0.2) is 5.78 Å². The Morgan fingerprint density at radius 1 is 0.614 bits per heavy atom. The van der Waals surface area contributed by atoms with Gasteiger partial charge in [0.1, 0.15) is 11.2 Å². The molecule has 15 heteroatoms. The predicted octanol–water partition coefficient (Wildman–Crippen LogP) is 11.2. The summed E-state index contributed by atoms with van der Waals surface area (Å²) >= 11 is 14.0. The second kappa shape index (κ2) is 18.8. The van der Waals surface area contributed by atoms with Gasteiger partial charge in [-0.25, -0.2) is 18.7 Å². The number of hydrogen-bond donors (Lipinski definition) is 6. The Labute approximate surface area is 419 Å². The molecule has 70 heavy (non-hydrogen) atoms. The lowest BCUT2D eigenvalue weighted by molar-refractivity contribution is -0.123. The van der Waals surface area contributed by atoms with Crippen LogP contribution in [0.15, 0.2) is 72.8 Å². The summed E-state index contributed by atoms with van der Waals surface area (Å²) in [7, 11) is 0. The molecule has 4 aromatic carbocycles. The number of rotatable bonds is 12. The quantitative estimate of drug-likeness (QED) is 0.0683.